The molecule has 0 spiro atoms. The summed E-state index contributed by atoms with van der Waals surface area (Å²) in [5.74, 6) is -2.21. The molecule has 3 fully saturated rings. The topological polar surface area (TPSA) is 186 Å². The lowest BCUT2D eigenvalue weighted by Crippen LogP contribution is -2.37. The Morgan fingerprint density at radius 3 is 1.46 bits per heavy atom. The molecule has 1 saturated heterocycles. The molecule has 0 radical (unpaired) electrons. The fourth-order valence-corrected chi connectivity index (χ4v) is 9.42. The van der Waals surface area contributed by atoms with Crippen molar-refractivity contribution in [1.82, 2.24) is 34.8 Å². The summed E-state index contributed by atoms with van der Waals surface area (Å²) in [5.41, 5.74) is 1.32. The molecule has 79 heavy (non-hydrogen) atoms. The smallest absolute Gasteiger partial charge is 0.234 e. The molecule has 2 saturated carbocycles. The first-order valence-electron chi connectivity index (χ1n) is 25.6. The van der Waals surface area contributed by atoms with E-state index in [-0.39, 0.29) is 94.2 Å². The largest absolute Gasteiger partial charge is 0.476 e. The second-order valence-electron chi connectivity index (χ2n) is 19.6. The SMILES string of the molecule is O=C(Cc1ccc(F)cc1)C1(C(=O)Cc2ccc(Oc3ccnc4nc(Cl)cnc34)c(F)c2)CC1.O=C(Cc1ccc(F)cc1)C1(C(=O)Cc2ccc(Oc3ccnc4nc(OCCCN5CCOCC5)cnc34)c(F)c2)CC1. The Bertz CT molecular complexity index is 3580. The van der Waals surface area contributed by atoms with Gasteiger partial charge in [-0.05, 0) is 103 Å². The standard InChI is InChI=1S/C33H32F2N4O5.C26H18ClF2N3O3/c34-24-5-2-22(3-6-24)19-28(40)33(9-10-33)29(41)20-23-4-7-26(25(35)18-23)44-27-8-11-36-32-31(27)37-21-30(38-32)43-15-1-12-39-13-16-42-17-14-39;27-23-14-31-24-20(7-10-30-25(24)32-23)35-19-6-3-16(11-18(19)29)13-22(34)26(8-9-26)21(33)12-15-1-4-17(28)5-2-15/h2-8,11,18,21H,1,9-10,12-17,19-20H2;1-7,10-11,14H,8-9,12-13H2. The van der Waals surface area contributed by atoms with Gasteiger partial charge >= 0.3 is 0 Å². The first-order chi connectivity index (χ1) is 38.2. The maximum atomic E-state index is 15.1. The van der Waals surface area contributed by atoms with Crippen LogP contribution in [0.4, 0.5) is 17.6 Å². The van der Waals surface area contributed by atoms with Crippen LogP contribution in [0.1, 0.15) is 54.4 Å². The van der Waals surface area contributed by atoms with Crippen molar-refractivity contribution in [1.29, 1.82) is 0 Å². The summed E-state index contributed by atoms with van der Waals surface area (Å²) in [6.45, 7) is 4.75. The normalized spacial score (nSPS) is 15.2. The van der Waals surface area contributed by atoms with Crippen molar-refractivity contribution in [2.24, 2.45) is 10.8 Å². The highest BCUT2D eigenvalue weighted by Gasteiger charge is 2.55. The van der Waals surface area contributed by atoms with Gasteiger partial charge in [0.05, 0.1) is 43.0 Å². The number of halogens is 5. The number of fused-ring (bicyclic) bond motifs is 2. The number of hydrogen-bond acceptors (Lipinski definition) is 15. The van der Waals surface area contributed by atoms with Crippen molar-refractivity contribution in [3.05, 3.63) is 173 Å². The molecule has 4 aromatic heterocycles. The highest BCUT2D eigenvalue weighted by atomic mass is 35.5. The number of ketones is 4. The fraction of sp³-hybridized carbons (Fsp3) is 0.288. The van der Waals surface area contributed by atoms with Gasteiger partial charge in [-0.1, -0.05) is 48.0 Å². The highest BCUT2D eigenvalue weighted by molar-refractivity contribution is 6.29. The van der Waals surface area contributed by atoms with E-state index in [0.717, 1.165) is 39.3 Å². The van der Waals surface area contributed by atoms with Gasteiger partial charge in [0.1, 0.15) is 16.8 Å². The number of nitrogens with zero attached hydrogens (tertiary/aromatic N) is 7. The summed E-state index contributed by atoms with van der Waals surface area (Å²) in [7, 11) is 0. The van der Waals surface area contributed by atoms with Crippen LogP contribution < -0.4 is 14.2 Å². The van der Waals surface area contributed by atoms with Gasteiger partial charge in [0.25, 0.3) is 0 Å². The first-order valence-corrected chi connectivity index (χ1v) is 26.0. The van der Waals surface area contributed by atoms with Crippen molar-refractivity contribution in [2.75, 3.05) is 39.5 Å². The minimum absolute atomic E-state index is 0.0486. The number of ether oxygens (including phenoxy) is 4. The Balaban J connectivity index is 0.000000183. The van der Waals surface area contributed by atoms with Crippen LogP contribution in [0.3, 0.4) is 0 Å². The van der Waals surface area contributed by atoms with Gasteiger partial charge in [-0.2, -0.15) is 4.98 Å². The molecule has 4 aromatic carbocycles. The summed E-state index contributed by atoms with van der Waals surface area (Å²) in [6, 6.07) is 22.9. The molecule has 5 heterocycles. The Labute approximate surface area is 455 Å². The Kier molecular flexibility index (Phi) is 16.4. The third kappa shape index (κ3) is 13.1. The lowest BCUT2D eigenvalue weighted by atomic mass is 9.88. The highest BCUT2D eigenvalue weighted by Crippen LogP contribution is 2.50. The van der Waals surface area contributed by atoms with Gasteiger partial charge in [-0.3, -0.25) is 24.1 Å². The van der Waals surface area contributed by atoms with Crippen molar-refractivity contribution >= 4 is 57.1 Å². The summed E-state index contributed by atoms with van der Waals surface area (Å²) < 4.78 is 79.0. The van der Waals surface area contributed by atoms with Gasteiger partial charge < -0.3 is 18.9 Å². The molecule has 8 aromatic rings. The number of rotatable bonds is 21. The van der Waals surface area contributed by atoms with Crippen molar-refractivity contribution in [2.45, 2.75) is 57.8 Å². The lowest BCUT2D eigenvalue weighted by molar-refractivity contribution is -0.135. The van der Waals surface area contributed by atoms with Crippen LogP contribution in [0, 0.1) is 34.1 Å². The molecule has 1 aliphatic heterocycles. The molecule has 11 rings (SSSR count). The van der Waals surface area contributed by atoms with E-state index in [0.29, 0.717) is 77.1 Å². The van der Waals surface area contributed by atoms with Crippen LogP contribution in [-0.2, 0) is 49.6 Å². The van der Waals surface area contributed by atoms with Gasteiger partial charge in [-0.15, -0.1) is 0 Å². The Morgan fingerprint density at radius 1 is 0.544 bits per heavy atom. The molecule has 0 unspecified atom stereocenters. The average molecular weight is 1100 g/mol. The number of carbonyl (C=O) groups is 4. The minimum atomic E-state index is -1.06. The van der Waals surface area contributed by atoms with Crippen molar-refractivity contribution in [3.63, 3.8) is 0 Å². The van der Waals surface area contributed by atoms with E-state index in [4.69, 9.17) is 30.5 Å². The molecule has 2 aliphatic carbocycles. The number of hydrogen-bond donors (Lipinski definition) is 0. The third-order valence-corrected chi connectivity index (χ3v) is 14.3. The zero-order valence-corrected chi connectivity index (χ0v) is 43.2. The molecule has 0 bridgehead atoms. The van der Waals surface area contributed by atoms with Crippen LogP contribution in [0.15, 0.2) is 122 Å². The average Bonchev–Trinajstić information content (AvgIpc) is 4.60. The quantitative estimate of drug-likeness (QED) is 0.0376. The first kappa shape index (κ1) is 54.2. The van der Waals surface area contributed by atoms with E-state index < -0.39 is 22.5 Å². The van der Waals surface area contributed by atoms with E-state index in [1.54, 1.807) is 30.3 Å². The van der Waals surface area contributed by atoms with E-state index in [1.165, 1.54) is 91.5 Å². The summed E-state index contributed by atoms with van der Waals surface area (Å²) in [4.78, 5) is 79.6. The molecule has 0 N–H and O–H groups in total. The molecule has 3 aliphatic rings. The second kappa shape index (κ2) is 23.9. The minimum Gasteiger partial charge on any atom is -0.476 e. The summed E-state index contributed by atoms with van der Waals surface area (Å²) >= 11 is 5.84. The summed E-state index contributed by atoms with van der Waals surface area (Å²) in [6.07, 6.45) is 8.44. The van der Waals surface area contributed by atoms with E-state index >= 15 is 4.39 Å². The molecule has 20 heteroatoms. The van der Waals surface area contributed by atoms with Crippen molar-refractivity contribution < 1.29 is 55.7 Å². The molecule has 0 amide bonds. The number of Topliss-reactive ketones (excluding diaryl/α,β-unsaturated/α-hetero) is 4. The zero-order valence-electron chi connectivity index (χ0n) is 42.4. The molecule has 0 atom stereocenters. The van der Waals surface area contributed by atoms with Gasteiger partial charge in [0.15, 0.2) is 80.1 Å². The molecular weight excluding hydrogens is 1050 g/mol. The Hall–Kier alpha value is -8.13. The Morgan fingerprint density at radius 2 is 0.987 bits per heavy atom. The van der Waals surface area contributed by atoms with E-state index in [2.05, 4.69) is 34.8 Å². The van der Waals surface area contributed by atoms with Crippen LogP contribution >= 0.6 is 11.6 Å². The van der Waals surface area contributed by atoms with Gasteiger partial charge in [0.2, 0.25) is 5.88 Å². The third-order valence-electron chi connectivity index (χ3n) is 14.1. The van der Waals surface area contributed by atoms with Crippen LogP contribution in [-0.4, -0.2) is 97.4 Å². The molecule has 15 nitrogen and oxygen atoms in total. The van der Waals surface area contributed by atoms with Crippen molar-refractivity contribution in [3.8, 4) is 28.9 Å². The van der Waals surface area contributed by atoms with Gasteiger partial charge in [0, 0.05) is 69.8 Å². The van der Waals surface area contributed by atoms with Gasteiger partial charge in [-0.25, -0.2) is 42.5 Å². The number of carbonyl (C=O) groups excluding carboxylic acids is 4. The summed E-state index contributed by atoms with van der Waals surface area (Å²) in [5, 5.41) is 0.173. The predicted octanol–water partition coefficient (Wildman–Crippen LogP) is 10.4. The number of morpholine rings is 1. The van der Waals surface area contributed by atoms with Crippen LogP contribution in [0.2, 0.25) is 5.15 Å². The zero-order chi connectivity index (χ0) is 55.1. The maximum Gasteiger partial charge on any atom is 0.234 e. The van der Waals surface area contributed by atoms with Crippen LogP contribution in [0.5, 0.6) is 28.9 Å². The lowest BCUT2D eigenvalue weighted by Gasteiger charge is -2.26. The fourth-order valence-electron chi connectivity index (χ4n) is 9.29. The second-order valence-corrected chi connectivity index (χ2v) is 20.0. The van der Waals surface area contributed by atoms with E-state index in [9.17, 15) is 32.3 Å². The molecule has 404 valence electrons. The number of benzene rings is 4. The number of aromatic nitrogens is 6. The molecular formula is C59H50ClF4N7O8. The van der Waals surface area contributed by atoms with Crippen LogP contribution in [0.25, 0.3) is 22.3 Å². The maximum absolute atomic E-state index is 15.1. The monoisotopic (exact) mass is 1100 g/mol. The predicted molar refractivity (Wildman–Crippen MR) is 281 cm³/mol. The van der Waals surface area contributed by atoms with E-state index in [1.807, 2.05) is 0 Å². The number of pyridine rings is 2.